The molecule has 1 aromatic carbocycles. The lowest BCUT2D eigenvalue weighted by Crippen LogP contribution is -2.30. The minimum Gasteiger partial charge on any atom is -0.368 e. The molecule has 0 aliphatic carbocycles. The van der Waals surface area contributed by atoms with Gasteiger partial charge in [0.1, 0.15) is 23.7 Å². The number of benzene rings is 1. The highest BCUT2D eigenvalue weighted by Crippen LogP contribution is 2.18. The minimum atomic E-state index is -0.167. The molecule has 0 atom stereocenters. The lowest BCUT2D eigenvalue weighted by atomic mass is 10.1. The molecule has 8 heteroatoms. The molecule has 0 unspecified atom stereocenters. The maximum Gasteiger partial charge on any atom is 0.269 e. The molecule has 0 fully saturated rings. The molecule has 8 nitrogen and oxygen atoms in total. The molecule has 0 saturated heterocycles. The molecule has 0 spiro atoms. The number of anilines is 1. The van der Waals surface area contributed by atoms with Crippen LogP contribution in [0.3, 0.4) is 0 Å². The normalized spacial score (nSPS) is 10.7. The number of carbonyl (C=O) groups is 1. The van der Waals surface area contributed by atoms with Crippen molar-refractivity contribution in [3.63, 3.8) is 0 Å². The van der Waals surface area contributed by atoms with Gasteiger partial charge in [-0.3, -0.25) is 9.48 Å². The third kappa shape index (κ3) is 4.32. The molecule has 2 N–H and O–H groups in total. The van der Waals surface area contributed by atoms with Crippen LogP contribution in [0.25, 0.3) is 17.1 Å². The van der Waals surface area contributed by atoms with Gasteiger partial charge in [0.15, 0.2) is 0 Å². The summed E-state index contributed by atoms with van der Waals surface area (Å²) in [6.45, 7) is 0.991. The first kappa shape index (κ1) is 18.4. The average molecular weight is 387 g/mol. The van der Waals surface area contributed by atoms with Gasteiger partial charge in [-0.2, -0.15) is 5.10 Å². The van der Waals surface area contributed by atoms with Gasteiger partial charge in [-0.05, 0) is 18.2 Å². The van der Waals surface area contributed by atoms with E-state index in [1.807, 2.05) is 65.5 Å². The lowest BCUT2D eigenvalue weighted by Gasteiger charge is -2.08. The molecule has 0 aliphatic rings. The van der Waals surface area contributed by atoms with Crippen molar-refractivity contribution in [2.24, 2.45) is 7.05 Å². The van der Waals surface area contributed by atoms with Crippen molar-refractivity contribution in [3.05, 3.63) is 79.0 Å². The molecule has 3 aromatic heterocycles. The maximum atomic E-state index is 12.5. The van der Waals surface area contributed by atoms with Crippen molar-refractivity contribution in [2.75, 3.05) is 18.4 Å². The number of nitrogens with one attached hydrogen (secondary N) is 2. The van der Waals surface area contributed by atoms with Crippen LogP contribution >= 0.6 is 0 Å². The second kappa shape index (κ2) is 8.39. The van der Waals surface area contributed by atoms with E-state index < -0.39 is 0 Å². The van der Waals surface area contributed by atoms with Gasteiger partial charge in [0, 0.05) is 44.2 Å². The van der Waals surface area contributed by atoms with Gasteiger partial charge in [0.05, 0.1) is 5.69 Å². The molecular weight excluding hydrogens is 366 g/mol. The fourth-order valence-corrected chi connectivity index (χ4v) is 2.96. The highest BCUT2D eigenvalue weighted by molar-refractivity contribution is 5.93. The van der Waals surface area contributed by atoms with Crippen LogP contribution < -0.4 is 10.6 Å². The maximum absolute atomic E-state index is 12.5. The van der Waals surface area contributed by atoms with E-state index >= 15 is 0 Å². The second-order valence-electron chi connectivity index (χ2n) is 6.44. The first-order valence-electron chi connectivity index (χ1n) is 9.27. The van der Waals surface area contributed by atoms with Crippen LogP contribution in [0, 0.1) is 0 Å². The van der Waals surface area contributed by atoms with Gasteiger partial charge in [0.25, 0.3) is 5.91 Å². The summed E-state index contributed by atoms with van der Waals surface area (Å²) in [5.41, 5.74) is 2.27. The Bertz CT molecular complexity index is 1090. The molecule has 3 heterocycles. The van der Waals surface area contributed by atoms with E-state index in [1.165, 1.54) is 6.33 Å². The minimum absolute atomic E-state index is 0.167. The average Bonchev–Trinajstić information content (AvgIpc) is 3.42. The highest BCUT2D eigenvalue weighted by atomic mass is 16.2. The monoisotopic (exact) mass is 387 g/mol. The van der Waals surface area contributed by atoms with E-state index in [4.69, 9.17) is 0 Å². The molecule has 1 amide bonds. The Hall–Kier alpha value is -3.94. The summed E-state index contributed by atoms with van der Waals surface area (Å²) in [6.07, 6.45) is 5.35. The van der Waals surface area contributed by atoms with Crippen LogP contribution in [0.5, 0.6) is 0 Å². The molecule has 4 aromatic rings. The third-order valence-corrected chi connectivity index (χ3v) is 4.42. The van der Waals surface area contributed by atoms with Gasteiger partial charge < -0.3 is 15.2 Å². The molecular formula is C21H21N7O. The van der Waals surface area contributed by atoms with Gasteiger partial charge in [-0.25, -0.2) is 9.97 Å². The molecule has 146 valence electrons. The van der Waals surface area contributed by atoms with Gasteiger partial charge in [0.2, 0.25) is 0 Å². The quantitative estimate of drug-likeness (QED) is 0.476. The number of nitrogens with zero attached hydrogens (tertiary/aromatic N) is 5. The first-order valence-corrected chi connectivity index (χ1v) is 9.27. The standard InChI is InChI=1S/C21H21N7O/c1-27-18(13-17(26-27)16-7-3-2-4-8-16)21(29)23-10-9-22-19-14-20(25-15-24-19)28-11-5-6-12-28/h2-8,11-15H,9-10H2,1H3,(H,23,29)(H,22,24,25). The molecule has 0 aliphatic heterocycles. The summed E-state index contributed by atoms with van der Waals surface area (Å²) < 4.78 is 3.50. The van der Waals surface area contributed by atoms with Crippen LogP contribution in [0.1, 0.15) is 10.5 Å². The van der Waals surface area contributed by atoms with E-state index in [2.05, 4.69) is 25.7 Å². The van der Waals surface area contributed by atoms with Crippen LogP contribution in [0.4, 0.5) is 5.82 Å². The number of rotatable bonds is 7. The van der Waals surface area contributed by atoms with Gasteiger partial charge in [-0.15, -0.1) is 0 Å². The number of amides is 1. The Kier molecular flexibility index (Phi) is 5.33. The van der Waals surface area contributed by atoms with Crippen molar-refractivity contribution in [2.45, 2.75) is 0 Å². The summed E-state index contributed by atoms with van der Waals surface area (Å²) in [5, 5.41) is 10.5. The smallest absolute Gasteiger partial charge is 0.269 e. The van der Waals surface area contributed by atoms with E-state index in [-0.39, 0.29) is 5.91 Å². The van der Waals surface area contributed by atoms with Crippen molar-refractivity contribution in [1.82, 2.24) is 29.6 Å². The Morgan fingerprint density at radius 3 is 2.59 bits per heavy atom. The molecule has 4 rings (SSSR count). The SMILES string of the molecule is Cn1nc(-c2ccccc2)cc1C(=O)NCCNc1cc(-n2cccc2)ncn1. The van der Waals surface area contributed by atoms with Crippen molar-refractivity contribution < 1.29 is 4.79 Å². The summed E-state index contributed by atoms with van der Waals surface area (Å²) in [6, 6.07) is 17.3. The molecule has 0 bridgehead atoms. The van der Waals surface area contributed by atoms with E-state index in [9.17, 15) is 4.79 Å². The van der Waals surface area contributed by atoms with E-state index in [0.29, 0.717) is 24.6 Å². The van der Waals surface area contributed by atoms with Gasteiger partial charge >= 0.3 is 0 Å². The number of aromatic nitrogens is 5. The van der Waals surface area contributed by atoms with Crippen LogP contribution in [0.2, 0.25) is 0 Å². The largest absolute Gasteiger partial charge is 0.368 e. The zero-order chi connectivity index (χ0) is 20.1. The Morgan fingerprint density at radius 1 is 1.00 bits per heavy atom. The molecule has 0 saturated carbocycles. The number of carbonyl (C=O) groups excluding carboxylic acids is 1. The van der Waals surface area contributed by atoms with E-state index in [1.54, 1.807) is 17.8 Å². The first-order chi connectivity index (χ1) is 14.2. The Morgan fingerprint density at radius 2 is 1.79 bits per heavy atom. The third-order valence-electron chi connectivity index (χ3n) is 4.42. The highest BCUT2D eigenvalue weighted by Gasteiger charge is 2.13. The second-order valence-corrected chi connectivity index (χ2v) is 6.44. The summed E-state index contributed by atoms with van der Waals surface area (Å²) in [7, 11) is 1.77. The number of hydrogen-bond acceptors (Lipinski definition) is 5. The van der Waals surface area contributed by atoms with Crippen molar-refractivity contribution in [1.29, 1.82) is 0 Å². The summed E-state index contributed by atoms with van der Waals surface area (Å²) in [4.78, 5) is 21.0. The molecule has 29 heavy (non-hydrogen) atoms. The van der Waals surface area contributed by atoms with E-state index in [0.717, 1.165) is 17.1 Å². The predicted molar refractivity (Wildman–Crippen MR) is 111 cm³/mol. The number of aryl methyl sites for hydroxylation is 1. The van der Waals surface area contributed by atoms with Crippen LogP contribution in [0.15, 0.2) is 73.3 Å². The molecule has 0 radical (unpaired) electrons. The van der Waals surface area contributed by atoms with Crippen molar-refractivity contribution >= 4 is 11.7 Å². The number of hydrogen-bond donors (Lipinski definition) is 2. The van der Waals surface area contributed by atoms with Gasteiger partial charge in [-0.1, -0.05) is 30.3 Å². The van der Waals surface area contributed by atoms with Crippen molar-refractivity contribution in [3.8, 4) is 17.1 Å². The zero-order valence-corrected chi connectivity index (χ0v) is 16.0. The fraction of sp³-hybridized carbons (Fsp3) is 0.143. The topological polar surface area (TPSA) is 89.7 Å². The van der Waals surface area contributed by atoms with Crippen LogP contribution in [-0.4, -0.2) is 43.3 Å². The lowest BCUT2D eigenvalue weighted by molar-refractivity contribution is 0.0946. The van der Waals surface area contributed by atoms with Crippen LogP contribution in [-0.2, 0) is 7.05 Å². The zero-order valence-electron chi connectivity index (χ0n) is 16.0. The predicted octanol–water partition coefficient (Wildman–Crippen LogP) is 2.51. The Balaban J connectivity index is 1.32. The summed E-state index contributed by atoms with van der Waals surface area (Å²) >= 11 is 0. The fourth-order valence-electron chi connectivity index (χ4n) is 2.96. The summed E-state index contributed by atoms with van der Waals surface area (Å²) in [5.74, 6) is 1.31. The Labute approximate surface area is 168 Å².